The zero-order valence-electron chi connectivity index (χ0n) is 19.9. The van der Waals surface area contributed by atoms with E-state index in [9.17, 15) is 9.59 Å². The molecule has 1 aromatic heterocycles. The maximum Gasteiger partial charge on any atom is 0.256 e. The third-order valence-corrected chi connectivity index (χ3v) is 5.04. The van der Waals surface area contributed by atoms with E-state index in [-0.39, 0.29) is 11.8 Å². The summed E-state index contributed by atoms with van der Waals surface area (Å²) in [7, 11) is 3.40. The van der Waals surface area contributed by atoms with Gasteiger partial charge in [-0.15, -0.1) is 0 Å². The highest BCUT2D eigenvalue weighted by molar-refractivity contribution is 6.07. The van der Waals surface area contributed by atoms with E-state index in [1.807, 2.05) is 36.4 Å². The summed E-state index contributed by atoms with van der Waals surface area (Å²) in [6.45, 7) is 3.11. The number of pyridine rings is 1. The van der Waals surface area contributed by atoms with E-state index in [1.165, 1.54) is 6.08 Å². The van der Waals surface area contributed by atoms with Crippen LogP contribution >= 0.6 is 0 Å². The molecule has 0 aliphatic rings. The van der Waals surface area contributed by atoms with E-state index < -0.39 is 0 Å². The maximum absolute atomic E-state index is 12.6. The Hall–Kier alpha value is -4.98. The number of ether oxygens (including phenoxy) is 1. The summed E-state index contributed by atoms with van der Waals surface area (Å²) in [5.41, 5.74) is 1.97. The number of hydrogen-bond acceptors (Lipinski definition) is 6. The Bertz CT molecular complexity index is 1400. The normalized spacial score (nSPS) is 9.83. The van der Waals surface area contributed by atoms with Gasteiger partial charge >= 0.3 is 0 Å². The van der Waals surface area contributed by atoms with Crippen molar-refractivity contribution >= 4 is 40.4 Å². The largest absolute Gasteiger partial charge is 0.457 e. The second kappa shape index (κ2) is 12.5. The molecule has 4 aromatic rings. The number of carbonyl (C=O) groups is 3. The SMILES string of the molecule is C=CC=O.CNC(=O)c1cccc2cc(Oc3ccnc(NC(=O)c4cccc(NC)c4)c3)ccc12. The number of rotatable bonds is 7. The Morgan fingerprint density at radius 3 is 2.39 bits per heavy atom. The lowest BCUT2D eigenvalue weighted by molar-refractivity contribution is -0.104. The van der Waals surface area contributed by atoms with Gasteiger partial charge in [-0.1, -0.05) is 24.8 Å². The molecule has 4 rings (SSSR count). The molecule has 2 amide bonds. The Balaban J connectivity index is 0.000000840. The first-order valence-electron chi connectivity index (χ1n) is 11.0. The number of carbonyl (C=O) groups excluding carboxylic acids is 3. The Morgan fingerprint density at radius 1 is 0.917 bits per heavy atom. The zero-order valence-corrected chi connectivity index (χ0v) is 19.9. The molecule has 3 aromatic carbocycles. The van der Waals surface area contributed by atoms with Gasteiger partial charge in [0.1, 0.15) is 23.6 Å². The van der Waals surface area contributed by atoms with E-state index in [1.54, 1.807) is 56.7 Å². The van der Waals surface area contributed by atoms with Crippen LogP contribution < -0.4 is 20.7 Å². The molecule has 36 heavy (non-hydrogen) atoms. The number of nitrogens with zero attached hydrogens (tertiary/aromatic N) is 1. The van der Waals surface area contributed by atoms with Gasteiger partial charge in [0.15, 0.2) is 0 Å². The van der Waals surface area contributed by atoms with Crippen LogP contribution in [-0.4, -0.2) is 37.2 Å². The van der Waals surface area contributed by atoms with Crippen LogP contribution in [0.2, 0.25) is 0 Å². The van der Waals surface area contributed by atoms with Gasteiger partial charge in [-0.05, 0) is 65.4 Å². The first-order chi connectivity index (χ1) is 17.5. The number of fused-ring (bicyclic) bond motifs is 1. The molecule has 8 heteroatoms. The molecular weight excluding hydrogens is 456 g/mol. The summed E-state index contributed by atoms with van der Waals surface area (Å²) >= 11 is 0. The quantitative estimate of drug-likeness (QED) is 0.251. The summed E-state index contributed by atoms with van der Waals surface area (Å²) in [4.78, 5) is 37.9. The predicted octanol–water partition coefficient (Wildman–Crippen LogP) is 5.05. The minimum absolute atomic E-state index is 0.140. The molecule has 182 valence electrons. The average molecular weight is 483 g/mol. The van der Waals surface area contributed by atoms with Gasteiger partial charge in [-0.25, -0.2) is 4.98 Å². The second-order valence-electron chi connectivity index (χ2n) is 7.40. The van der Waals surface area contributed by atoms with Crippen LogP contribution in [0.15, 0.2) is 91.6 Å². The van der Waals surface area contributed by atoms with Crippen molar-refractivity contribution in [3.05, 3.63) is 103 Å². The van der Waals surface area contributed by atoms with Gasteiger partial charge in [0.25, 0.3) is 11.8 Å². The zero-order chi connectivity index (χ0) is 25.9. The molecule has 0 fully saturated rings. The molecular formula is C28H26N4O4. The first-order valence-corrected chi connectivity index (χ1v) is 11.0. The molecule has 0 saturated heterocycles. The van der Waals surface area contributed by atoms with E-state index in [0.29, 0.717) is 34.7 Å². The minimum atomic E-state index is -0.265. The van der Waals surface area contributed by atoms with Crippen LogP contribution in [-0.2, 0) is 4.79 Å². The minimum Gasteiger partial charge on any atom is -0.457 e. The van der Waals surface area contributed by atoms with Crippen LogP contribution in [0.1, 0.15) is 20.7 Å². The Kier molecular flexibility index (Phi) is 8.88. The van der Waals surface area contributed by atoms with Crippen molar-refractivity contribution in [2.45, 2.75) is 0 Å². The summed E-state index contributed by atoms with van der Waals surface area (Å²) in [5, 5.41) is 10.2. The van der Waals surface area contributed by atoms with Gasteiger partial charge in [0, 0.05) is 43.2 Å². The van der Waals surface area contributed by atoms with Gasteiger partial charge < -0.3 is 20.7 Å². The molecule has 0 aliphatic heterocycles. The lowest BCUT2D eigenvalue weighted by Crippen LogP contribution is -2.17. The van der Waals surface area contributed by atoms with Crippen LogP contribution in [0.25, 0.3) is 10.8 Å². The van der Waals surface area contributed by atoms with Gasteiger partial charge in [-0.2, -0.15) is 0 Å². The molecule has 1 heterocycles. The molecule has 0 bridgehead atoms. The van der Waals surface area contributed by atoms with Gasteiger partial charge in [-0.3, -0.25) is 14.4 Å². The van der Waals surface area contributed by atoms with Crippen molar-refractivity contribution in [2.75, 3.05) is 24.7 Å². The van der Waals surface area contributed by atoms with Crippen molar-refractivity contribution in [1.29, 1.82) is 0 Å². The predicted molar refractivity (Wildman–Crippen MR) is 142 cm³/mol. The molecule has 0 radical (unpaired) electrons. The van der Waals surface area contributed by atoms with Crippen molar-refractivity contribution in [2.24, 2.45) is 0 Å². The molecule has 0 saturated carbocycles. The Morgan fingerprint density at radius 2 is 1.67 bits per heavy atom. The number of aromatic nitrogens is 1. The number of benzene rings is 3. The summed E-state index contributed by atoms with van der Waals surface area (Å²) < 4.78 is 5.98. The van der Waals surface area contributed by atoms with E-state index >= 15 is 0 Å². The van der Waals surface area contributed by atoms with Crippen molar-refractivity contribution < 1.29 is 19.1 Å². The second-order valence-corrected chi connectivity index (χ2v) is 7.40. The number of nitrogens with one attached hydrogen (secondary N) is 3. The first kappa shape index (κ1) is 25.6. The summed E-state index contributed by atoms with van der Waals surface area (Å²) in [5.74, 6) is 1.11. The van der Waals surface area contributed by atoms with Gasteiger partial charge in [0.2, 0.25) is 0 Å². The highest BCUT2D eigenvalue weighted by Crippen LogP contribution is 2.28. The lowest BCUT2D eigenvalue weighted by Gasteiger charge is -2.11. The molecule has 0 unspecified atom stereocenters. The average Bonchev–Trinajstić information content (AvgIpc) is 2.92. The number of aldehydes is 1. The standard InChI is InChI=1S/C25H22N4O3.C3H4O/c1-26-18-7-3-6-17(13-18)24(30)29-23-15-20(11-12-28-23)32-19-9-10-21-16(14-19)5-4-8-22(21)25(31)27-2;1-2-3-4/h3-15,26H,1-2H3,(H,27,31)(H,28,29,30);2-3H,1H2. The fourth-order valence-electron chi connectivity index (χ4n) is 3.34. The molecule has 0 spiro atoms. The van der Waals surface area contributed by atoms with Crippen molar-refractivity contribution in [3.8, 4) is 11.5 Å². The van der Waals surface area contributed by atoms with Gasteiger partial charge in [0.05, 0.1) is 0 Å². The number of allylic oxidation sites excluding steroid dienone is 1. The fourth-order valence-corrected chi connectivity index (χ4v) is 3.34. The Labute approximate surface area is 209 Å². The monoisotopic (exact) mass is 482 g/mol. The lowest BCUT2D eigenvalue weighted by atomic mass is 10.0. The van der Waals surface area contributed by atoms with Crippen LogP contribution in [0.3, 0.4) is 0 Å². The summed E-state index contributed by atoms with van der Waals surface area (Å²) in [6.07, 6.45) is 3.40. The van der Waals surface area contributed by atoms with E-state index in [0.717, 1.165) is 16.5 Å². The molecule has 0 atom stereocenters. The van der Waals surface area contributed by atoms with Crippen LogP contribution in [0, 0.1) is 0 Å². The highest BCUT2D eigenvalue weighted by atomic mass is 16.5. The van der Waals surface area contributed by atoms with E-state index in [4.69, 9.17) is 9.53 Å². The highest BCUT2D eigenvalue weighted by Gasteiger charge is 2.11. The van der Waals surface area contributed by atoms with Crippen LogP contribution in [0.5, 0.6) is 11.5 Å². The molecule has 3 N–H and O–H groups in total. The third kappa shape index (κ3) is 6.54. The number of anilines is 2. The number of hydrogen-bond donors (Lipinski definition) is 3. The van der Waals surface area contributed by atoms with Crippen molar-refractivity contribution in [1.82, 2.24) is 10.3 Å². The fraction of sp³-hybridized carbons (Fsp3) is 0.0714. The molecule has 0 aliphatic carbocycles. The third-order valence-electron chi connectivity index (χ3n) is 5.04. The maximum atomic E-state index is 12.6. The van der Waals surface area contributed by atoms with Crippen molar-refractivity contribution in [3.63, 3.8) is 0 Å². The number of amides is 2. The topological polar surface area (TPSA) is 109 Å². The van der Waals surface area contributed by atoms with Crippen LogP contribution in [0.4, 0.5) is 11.5 Å². The molecule has 8 nitrogen and oxygen atoms in total. The van der Waals surface area contributed by atoms with E-state index in [2.05, 4.69) is 27.5 Å². The summed E-state index contributed by atoms with van der Waals surface area (Å²) in [6, 6.07) is 21.6. The smallest absolute Gasteiger partial charge is 0.256 e.